The highest BCUT2D eigenvalue weighted by Gasteiger charge is 2.27. The largest absolute Gasteiger partial charge is 0.456 e. The van der Waals surface area contributed by atoms with E-state index in [2.05, 4.69) is 106 Å². The number of hydrogen-bond donors (Lipinski definition) is 0. The molecule has 0 atom stereocenters. The monoisotopic (exact) mass is 753 g/mol. The fourth-order valence-electron chi connectivity index (χ4n) is 9.34. The molecule has 4 aromatic heterocycles. The number of aromatic nitrogens is 2. The molecule has 0 aliphatic heterocycles. The molecule has 4 heterocycles. The number of allylic oxidation sites excluding steroid dienone is 5. The van der Waals surface area contributed by atoms with Gasteiger partial charge in [0.05, 0.1) is 50.7 Å². The minimum Gasteiger partial charge on any atom is -0.456 e. The van der Waals surface area contributed by atoms with E-state index >= 15 is 0 Å². The minimum atomic E-state index is 0.269. The van der Waals surface area contributed by atoms with E-state index in [1.807, 2.05) is 60.7 Å². The van der Waals surface area contributed by atoms with Gasteiger partial charge in [0.1, 0.15) is 40.2 Å². The van der Waals surface area contributed by atoms with Gasteiger partial charge < -0.3 is 18.0 Å². The van der Waals surface area contributed by atoms with Crippen molar-refractivity contribution >= 4 is 93.9 Å². The van der Waals surface area contributed by atoms with Gasteiger partial charge in [-0.2, -0.15) is 15.8 Å². The van der Waals surface area contributed by atoms with Gasteiger partial charge in [0, 0.05) is 67.4 Å². The summed E-state index contributed by atoms with van der Waals surface area (Å²) in [5, 5.41) is 38.8. The maximum absolute atomic E-state index is 10.7. The van der Waals surface area contributed by atoms with Gasteiger partial charge >= 0.3 is 0 Å². The second-order valence-corrected chi connectivity index (χ2v) is 15.1. The van der Waals surface area contributed by atoms with Crippen molar-refractivity contribution in [3.05, 3.63) is 155 Å². The Labute approximate surface area is 336 Å². The summed E-state index contributed by atoms with van der Waals surface area (Å²) < 4.78 is 17.1. The van der Waals surface area contributed by atoms with Crippen LogP contribution < -0.4 is 0 Å². The van der Waals surface area contributed by atoms with Crippen LogP contribution in [0.1, 0.15) is 47.2 Å². The van der Waals surface area contributed by atoms with E-state index in [1.165, 1.54) is 0 Å². The number of furan rings is 2. The highest BCUT2D eigenvalue weighted by atomic mass is 16.3. The lowest BCUT2D eigenvalue weighted by Gasteiger charge is -2.22. The Morgan fingerprint density at radius 1 is 0.559 bits per heavy atom. The van der Waals surface area contributed by atoms with Crippen molar-refractivity contribution in [2.24, 2.45) is 0 Å². The van der Waals surface area contributed by atoms with Gasteiger partial charge in [-0.15, -0.1) is 0 Å². The topological polar surface area (TPSA) is 108 Å². The highest BCUT2D eigenvalue weighted by molar-refractivity contribution is 6.18. The summed E-state index contributed by atoms with van der Waals surface area (Å²) >= 11 is 0. The highest BCUT2D eigenvalue weighted by Crippen LogP contribution is 2.44. The summed E-state index contributed by atoms with van der Waals surface area (Å²) in [6.45, 7) is 0. The van der Waals surface area contributed by atoms with Crippen LogP contribution in [-0.2, 0) is 0 Å². The molecule has 0 radical (unpaired) electrons. The first-order chi connectivity index (χ1) is 29.1. The van der Waals surface area contributed by atoms with E-state index in [0.29, 0.717) is 24.8 Å². The third kappa shape index (κ3) is 4.62. The Hall–Kier alpha value is -8.49. The predicted molar refractivity (Wildman–Crippen MR) is 233 cm³/mol. The zero-order chi connectivity index (χ0) is 39.4. The molecule has 6 aromatic carbocycles. The van der Waals surface area contributed by atoms with E-state index < -0.39 is 0 Å². The standard InChI is InChI=1S/C52H27N5O2/c53-27-31-19-18-30(21-45(31)56-43-15-7-4-11-35(43)39-23-41-36-12-5-8-16-49(36)58-51(41)25-47(39)56)38-20-32(28-54)33(29-55)22-46(38)57-44-14-3-1-2-10-34(44)40-24-42-37-13-6-9-17-50(37)59-52(42)26-48(40)57/h2,4-13,15-17,20-26H,1,18-19H2. The van der Waals surface area contributed by atoms with Crippen molar-refractivity contribution in [2.45, 2.75) is 19.3 Å². The van der Waals surface area contributed by atoms with Crippen molar-refractivity contribution < 1.29 is 8.83 Å². The maximum atomic E-state index is 10.7. The maximum Gasteiger partial charge on any atom is 0.137 e. The molecule has 0 fully saturated rings. The van der Waals surface area contributed by atoms with Gasteiger partial charge in [-0.05, 0) is 72.9 Å². The number of benzene rings is 6. The van der Waals surface area contributed by atoms with E-state index in [1.54, 1.807) is 0 Å². The Balaban J connectivity index is 1.15. The lowest BCUT2D eigenvalue weighted by molar-refractivity contribution is 0.669. The molecule has 12 rings (SSSR count). The predicted octanol–water partition coefficient (Wildman–Crippen LogP) is 12.7. The van der Waals surface area contributed by atoms with Crippen LogP contribution in [0.5, 0.6) is 0 Å². The Morgan fingerprint density at radius 2 is 1.20 bits per heavy atom. The third-order valence-corrected chi connectivity index (χ3v) is 12.0. The molecule has 7 nitrogen and oxygen atoms in total. The van der Waals surface area contributed by atoms with Crippen LogP contribution >= 0.6 is 0 Å². The molecule has 10 aromatic rings. The molecule has 7 heteroatoms. The van der Waals surface area contributed by atoms with Crippen LogP contribution in [0.4, 0.5) is 0 Å². The summed E-state index contributed by atoms with van der Waals surface area (Å²) in [5.41, 5.74) is 12.1. The van der Waals surface area contributed by atoms with Crippen molar-refractivity contribution in [3.8, 4) is 35.7 Å². The Bertz CT molecular complexity index is 3860. The van der Waals surface area contributed by atoms with E-state index in [9.17, 15) is 15.8 Å². The number of fused-ring (bicyclic) bond motifs is 12. The normalized spacial score (nSPS) is 13.8. The van der Waals surface area contributed by atoms with Crippen LogP contribution in [0.25, 0.3) is 99.6 Å². The summed E-state index contributed by atoms with van der Waals surface area (Å²) in [5.74, 6) is 6.78. The molecule has 0 N–H and O–H groups in total. The summed E-state index contributed by atoms with van der Waals surface area (Å²) in [4.78, 5) is 0. The SMILES string of the molecule is N#CC1=C(n2c3ccccc3c3cc4c(cc32)oc2ccccc24)C=C(c2cc(C#N)c(C#N)cc2-n2c3c(c4cc5c(cc42)oc2ccccc25)C=CCC#C3)CC1. The first-order valence-corrected chi connectivity index (χ1v) is 19.4. The molecule has 0 amide bonds. The number of nitriles is 3. The number of hydrogen-bond acceptors (Lipinski definition) is 5. The lowest BCUT2D eigenvalue weighted by atomic mass is 9.88. The number of rotatable bonds is 3. The van der Waals surface area contributed by atoms with Crippen LogP contribution in [0.3, 0.4) is 0 Å². The van der Waals surface area contributed by atoms with Crippen LogP contribution in [0, 0.1) is 45.8 Å². The van der Waals surface area contributed by atoms with Gasteiger partial charge in [-0.1, -0.05) is 72.7 Å². The zero-order valence-electron chi connectivity index (χ0n) is 31.3. The van der Waals surface area contributed by atoms with Crippen LogP contribution in [0.15, 0.2) is 136 Å². The van der Waals surface area contributed by atoms with E-state index in [-0.39, 0.29) is 11.1 Å². The Morgan fingerprint density at radius 3 is 1.92 bits per heavy atom. The third-order valence-electron chi connectivity index (χ3n) is 12.0. The number of nitrogens with zero attached hydrogens (tertiary/aromatic N) is 5. The second-order valence-electron chi connectivity index (χ2n) is 15.1. The molecule has 2 aliphatic carbocycles. The molecule has 0 bridgehead atoms. The van der Waals surface area contributed by atoms with Gasteiger partial charge in [0.2, 0.25) is 0 Å². The van der Waals surface area contributed by atoms with Gasteiger partial charge in [-0.3, -0.25) is 0 Å². The van der Waals surface area contributed by atoms with Gasteiger partial charge in [-0.25, -0.2) is 0 Å². The molecule has 0 spiro atoms. The molecule has 0 unspecified atom stereocenters. The van der Waals surface area contributed by atoms with Crippen LogP contribution in [0.2, 0.25) is 0 Å². The van der Waals surface area contributed by atoms with Crippen molar-refractivity contribution in [3.63, 3.8) is 0 Å². The summed E-state index contributed by atoms with van der Waals surface area (Å²) in [6, 6.07) is 43.7. The average molecular weight is 754 g/mol. The van der Waals surface area contributed by atoms with Gasteiger partial charge in [0.15, 0.2) is 0 Å². The van der Waals surface area contributed by atoms with E-state index in [0.717, 1.165) is 110 Å². The number of para-hydroxylation sites is 3. The smallest absolute Gasteiger partial charge is 0.137 e. The first-order valence-electron chi connectivity index (χ1n) is 19.4. The molecule has 2 aliphatic rings. The van der Waals surface area contributed by atoms with Crippen molar-refractivity contribution in [1.82, 2.24) is 9.13 Å². The summed E-state index contributed by atoms with van der Waals surface area (Å²) in [7, 11) is 0. The second kappa shape index (κ2) is 12.3. The fourth-order valence-corrected chi connectivity index (χ4v) is 9.34. The van der Waals surface area contributed by atoms with E-state index in [4.69, 9.17) is 8.83 Å². The quantitative estimate of drug-likeness (QED) is 0.167. The Kier molecular flexibility index (Phi) is 6.80. The van der Waals surface area contributed by atoms with Crippen molar-refractivity contribution in [2.75, 3.05) is 0 Å². The summed E-state index contributed by atoms with van der Waals surface area (Å²) in [6.07, 6.45) is 7.91. The van der Waals surface area contributed by atoms with Gasteiger partial charge in [0.25, 0.3) is 0 Å². The molecule has 0 saturated carbocycles. The van der Waals surface area contributed by atoms with Crippen molar-refractivity contribution in [1.29, 1.82) is 15.8 Å². The zero-order valence-corrected chi connectivity index (χ0v) is 31.3. The average Bonchev–Trinajstić information content (AvgIpc) is 3.95. The fraction of sp³-hybridized carbons (Fsp3) is 0.0577. The molecule has 0 saturated heterocycles. The first kappa shape index (κ1) is 32.7. The molecular weight excluding hydrogens is 727 g/mol. The molecule has 59 heavy (non-hydrogen) atoms. The minimum absolute atomic E-state index is 0.269. The molecule has 272 valence electrons. The molecular formula is C52H27N5O2. The lowest BCUT2D eigenvalue weighted by Crippen LogP contribution is -2.08. The van der Waals surface area contributed by atoms with Crippen LogP contribution in [-0.4, -0.2) is 9.13 Å².